The van der Waals surface area contributed by atoms with Crippen LogP contribution in [0.15, 0.2) is 11.1 Å². The van der Waals surface area contributed by atoms with Gasteiger partial charge in [-0.2, -0.15) is 0 Å². The van der Waals surface area contributed by atoms with Crippen LogP contribution in [0.25, 0.3) is 0 Å². The van der Waals surface area contributed by atoms with Crippen LogP contribution in [0.5, 0.6) is 0 Å². The standard InChI is InChI=1S/C22H34O2/c1-4-14-12-22(3)19(13(2)23)9-10-20(22)18-7-5-15-11-16(24)6-8-17(15)21(14)18/h13-14,18-21,23H,4-12H2,1-3H3/t13-,14-,18-,19+,20+,21+,22+/m0/s1. The summed E-state index contributed by atoms with van der Waals surface area (Å²) in [4.78, 5) is 11.9. The zero-order valence-electron chi connectivity index (χ0n) is 15.7. The van der Waals surface area contributed by atoms with Crippen molar-refractivity contribution in [1.29, 1.82) is 0 Å². The van der Waals surface area contributed by atoms with Gasteiger partial charge in [-0.25, -0.2) is 0 Å². The van der Waals surface area contributed by atoms with E-state index < -0.39 is 0 Å². The van der Waals surface area contributed by atoms with Crippen molar-refractivity contribution in [2.75, 3.05) is 0 Å². The monoisotopic (exact) mass is 330 g/mol. The van der Waals surface area contributed by atoms with E-state index in [4.69, 9.17) is 0 Å². The average molecular weight is 331 g/mol. The van der Waals surface area contributed by atoms with E-state index >= 15 is 0 Å². The summed E-state index contributed by atoms with van der Waals surface area (Å²) in [6.07, 6.45) is 9.95. The van der Waals surface area contributed by atoms with Crippen molar-refractivity contribution in [2.24, 2.45) is 35.0 Å². The third-order valence-corrected chi connectivity index (χ3v) is 8.50. The molecule has 0 saturated heterocycles. The van der Waals surface area contributed by atoms with E-state index in [0.29, 0.717) is 17.1 Å². The summed E-state index contributed by atoms with van der Waals surface area (Å²) in [7, 11) is 0. The molecule has 4 rings (SSSR count). The molecule has 0 aromatic rings. The number of hydrogen-bond acceptors (Lipinski definition) is 2. The maximum absolute atomic E-state index is 11.9. The van der Waals surface area contributed by atoms with E-state index in [1.54, 1.807) is 5.57 Å². The minimum Gasteiger partial charge on any atom is -0.393 e. The van der Waals surface area contributed by atoms with Crippen LogP contribution in [-0.2, 0) is 4.79 Å². The second-order valence-corrected chi connectivity index (χ2v) is 9.48. The highest BCUT2D eigenvalue weighted by molar-refractivity contribution is 5.82. The van der Waals surface area contributed by atoms with E-state index in [0.717, 1.165) is 42.9 Å². The Kier molecular flexibility index (Phi) is 4.18. The molecule has 2 heteroatoms. The first-order valence-electron chi connectivity index (χ1n) is 10.4. The summed E-state index contributed by atoms with van der Waals surface area (Å²) in [5.41, 5.74) is 3.57. The zero-order chi connectivity index (χ0) is 17.1. The summed E-state index contributed by atoms with van der Waals surface area (Å²) in [6.45, 7) is 6.87. The second kappa shape index (κ2) is 5.97. The fourth-order valence-electron chi connectivity index (χ4n) is 7.59. The Hall–Kier alpha value is -0.630. The van der Waals surface area contributed by atoms with Crippen LogP contribution < -0.4 is 0 Å². The highest BCUT2D eigenvalue weighted by Gasteiger charge is 2.58. The lowest BCUT2D eigenvalue weighted by Gasteiger charge is -2.56. The van der Waals surface area contributed by atoms with Crippen molar-refractivity contribution in [2.45, 2.75) is 84.7 Å². The van der Waals surface area contributed by atoms with Crippen LogP contribution >= 0.6 is 0 Å². The van der Waals surface area contributed by atoms with Gasteiger partial charge in [0.2, 0.25) is 0 Å². The van der Waals surface area contributed by atoms with Gasteiger partial charge in [0.25, 0.3) is 0 Å². The molecule has 2 nitrogen and oxygen atoms in total. The largest absolute Gasteiger partial charge is 0.393 e. The molecule has 0 bridgehead atoms. The molecule has 134 valence electrons. The Balaban J connectivity index is 1.70. The van der Waals surface area contributed by atoms with Gasteiger partial charge in [0.05, 0.1) is 6.10 Å². The summed E-state index contributed by atoms with van der Waals surface area (Å²) in [5.74, 6) is 4.06. The number of carbonyl (C=O) groups is 1. The molecule has 24 heavy (non-hydrogen) atoms. The molecule has 0 unspecified atom stereocenters. The van der Waals surface area contributed by atoms with Crippen LogP contribution in [0.1, 0.15) is 78.6 Å². The van der Waals surface area contributed by atoms with Crippen molar-refractivity contribution in [3.05, 3.63) is 11.1 Å². The fraction of sp³-hybridized carbons (Fsp3) is 0.864. The number of ketones is 1. The third kappa shape index (κ3) is 2.35. The molecule has 4 aliphatic rings. The molecule has 0 aliphatic heterocycles. The van der Waals surface area contributed by atoms with Gasteiger partial charge in [-0.15, -0.1) is 0 Å². The third-order valence-electron chi connectivity index (χ3n) is 8.50. The molecule has 0 aromatic heterocycles. The molecule has 0 spiro atoms. The molecule has 0 amide bonds. The Bertz CT molecular complexity index is 560. The Labute approximate surface area is 147 Å². The molecule has 4 aliphatic carbocycles. The Morgan fingerprint density at radius 3 is 2.71 bits per heavy atom. The Morgan fingerprint density at radius 1 is 1.21 bits per heavy atom. The van der Waals surface area contributed by atoms with E-state index in [-0.39, 0.29) is 6.10 Å². The summed E-state index contributed by atoms with van der Waals surface area (Å²) in [6, 6.07) is 0. The quantitative estimate of drug-likeness (QED) is 0.731. The van der Waals surface area contributed by atoms with Crippen LogP contribution in [0.4, 0.5) is 0 Å². The molecule has 2 saturated carbocycles. The molecular weight excluding hydrogens is 296 g/mol. The minimum atomic E-state index is -0.167. The summed E-state index contributed by atoms with van der Waals surface area (Å²) < 4.78 is 0. The van der Waals surface area contributed by atoms with Crippen LogP contribution in [0.2, 0.25) is 0 Å². The van der Waals surface area contributed by atoms with Gasteiger partial charge in [0, 0.05) is 12.8 Å². The van der Waals surface area contributed by atoms with Crippen molar-refractivity contribution in [3.63, 3.8) is 0 Å². The SMILES string of the molecule is CC[C@H]1C[C@@]2(C)[C@H](CC[C@@H]2[C@H](C)O)[C@@H]2CCC3=C(CCC(=O)C3)[C@@H]12. The van der Waals surface area contributed by atoms with Gasteiger partial charge in [-0.1, -0.05) is 31.4 Å². The lowest BCUT2D eigenvalue weighted by atomic mass is 9.49. The maximum Gasteiger partial charge on any atom is 0.137 e. The number of fused-ring (bicyclic) bond motifs is 4. The number of aliphatic hydroxyl groups is 1. The molecule has 1 N–H and O–H groups in total. The number of carbonyl (C=O) groups excluding carboxylic acids is 1. The molecule has 0 heterocycles. The lowest BCUT2D eigenvalue weighted by Crippen LogP contribution is -2.49. The van der Waals surface area contributed by atoms with Crippen LogP contribution in [0.3, 0.4) is 0 Å². The summed E-state index contributed by atoms with van der Waals surface area (Å²) >= 11 is 0. The fourth-order valence-corrected chi connectivity index (χ4v) is 7.59. The predicted octanol–water partition coefficient (Wildman–Crippen LogP) is 4.91. The summed E-state index contributed by atoms with van der Waals surface area (Å²) in [5, 5.41) is 10.4. The number of hydrogen-bond donors (Lipinski definition) is 1. The molecule has 7 atom stereocenters. The van der Waals surface area contributed by atoms with Crippen LogP contribution in [-0.4, -0.2) is 17.0 Å². The number of Topliss-reactive ketones (excluding diaryl/α,β-unsaturated/α-hetero) is 1. The van der Waals surface area contributed by atoms with Gasteiger partial charge >= 0.3 is 0 Å². The van der Waals surface area contributed by atoms with Gasteiger partial charge in [0.15, 0.2) is 0 Å². The molecule has 0 radical (unpaired) electrons. The van der Waals surface area contributed by atoms with Gasteiger partial charge in [-0.05, 0) is 80.5 Å². The van der Waals surface area contributed by atoms with Gasteiger partial charge in [0.1, 0.15) is 5.78 Å². The normalized spacial score (nSPS) is 46.3. The number of allylic oxidation sites excluding steroid dienone is 2. The molecular formula is C22H34O2. The van der Waals surface area contributed by atoms with Crippen molar-refractivity contribution in [3.8, 4) is 0 Å². The van der Waals surface area contributed by atoms with Gasteiger partial charge in [-0.3, -0.25) is 4.79 Å². The minimum absolute atomic E-state index is 0.167. The second-order valence-electron chi connectivity index (χ2n) is 9.48. The molecule has 2 fully saturated rings. The highest BCUT2D eigenvalue weighted by atomic mass is 16.3. The van der Waals surface area contributed by atoms with Gasteiger partial charge < -0.3 is 5.11 Å². The van der Waals surface area contributed by atoms with E-state index in [2.05, 4.69) is 13.8 Å². The van der Waals surface area contributed by atoms with Crippen LogP contribution in [0, 0.1) is 35.0 Å². The zero-order valence-corrected chi connectivity index (χ0v) is 15.7. The topological polar surface area (TPSA) is 37.3 Å². The van der Waals surface area contributed by atoms with Crippen molar-refractivity contribution >= 4 is 5.78 Å². The first-order valence-corrected chi connectivity index (χ1v) is 10.4. The Morgan fingerprint density at radius 2 is 2.00 bits per heavy atom. The molecule has 0 aromatic carbocycles. The maximum atomic E-state index is 11.9. The lowest BCUT2D eigenvalue weighted by molar-refractivity contribution is -0.119. The van der Waals surface area contributed by atoms with E-state index in [1.165, 1.54) is 44.1 Å². The smallest absolute Gasteiger partial charge is 0.137 e. The van der Waals surface area contributed by atoms with E-state index in [9.17, 15) is 9.90 Å². The van der Waals surface area contributed by atoms with Crippen molar-refractivity contribution in [1.82, 2.24) is 0 Å². The predicted molar refractivity (Wildman–Crippen MR) is 96.5 cm³/mol. The first kappa shape index (κ1) is 16.8. The number of rotatable bonds is 2. The first-order chi connectivity index (χ1) is 11.5. The van der Waals surface area contributed by atoms with E-state index in [1.807, 2.05) is 6.92 Å². The van der Waals surface area contributed by atoms with Crippen molar-refractivity contribution < 1.29 is 9.90 Å². The average Bonchev–Trinajstić information content (AvgIpc) is 2.90. The highest BCUT2D eigenvalue weighted by Crippen LogP contribution is 2.65. The number of aliphatic hydroxyl groups excluding tert-OH is 1.